The lowest BCUT2D eigenvalue weighted by Crippen LogP contribution is -2.27. The Morgan fingerprint density at radius 3 is 3.22 bits per heavy atom. The van der Waals surface area contributed by atoms with Crippen LogP contribution in [0.5, 0.6) is 0 Å². The van der Waals surface area contributed by atoms with Gasteiger partial charge in [-0.3, -0.25) is 9.69 Å². The van der Waals surface area contributed by atoms with Crippen molar-refractivity contribution in [1.29, 1.82) is 0 Å². The highest BCUT2D eigenvalue weighted by Gasteiger charge is 2.32. The third-order valence-electron chi connectivity index (χ3n) is 2.56. The normalized spacial score (nSPS) is 18.9. The summed E-state index contributed by atoms with van der Waals surface area (Å²) in [4.78, 5) is 24.1. The quantitative estimate of drug-likeness (QED) is 0.266. The first-order chi connectivity index (χ1) is 8.61. The van der Waals surface area contributed by atoms with Crippen molar-refractivity contribution in [3.8, 4) is 0 Å². The molecular formula is C9H8ClIN6O. The van der Waals surface area contributed by atoms with Crippen molar-refractivity contribution in [2.45, 2.75) is 6.42 Å². The predicted molar refractivity (Wildman–Crippen MR) is 74.2 cm³/mol. The van der Waals surface area contributed by atoms with Gasteiger partial charge in [0.2, 0.25) is 11.2 Å². The number of hydrogen-bond acceptors (Lipinski definition) is 4. The van der Waals surface area contributed by atoms with E-state index < -0.39 is 0 Å². The fourth-order valence-electron chi connectivity index (χ4n) is 1.79. The Hall–Kier alpha value is -1.12. The van der Waals surface area contributed by atoms with Crippen LogP contribution in [0.4, 0.5) is 5.82 Å². The number of anilines is 1. The molecule has 0 radical (unpaired) electrons. The molecule has 1 aliphatic rings. The molecule has 1 aromatic heterocycles. The van der Waals surface area contributed by atoms with Crippen molar-refractivity contribution in [1.82, 2.24) is 9.97 Å². The molecule has 1 unspecified atom stereocenters. The number of nitrogens with zero attached hydrogens (tertiary/aromatic N) is 6. The zero-order chi connectivity index (χ0) is 13.1. The van der Waals surface area contributed by atoms with Crippen molar-refractivity contribution in [2.75, 3.05) is 18.0 Å². The van der Waals surface area contributed by atoms with E-state index in [0.717, 1.165) is 3.57 Å². The molecule has 0 aromatic carbocycles. The number of rotatable bonds is 3. The van der Waals surface area contributed by atoms with Crippen LogP contribution in [0.15, 0.2) is 11.3 Å². The molecule has 9 heteroatoms. The molecule has 0 spiro atoms. The molecule has 7 nitrogen and oxygen atoms in total. The summed E-state index contributed by atoms with van der Waals surface area (Å²) in [6, 6.07) is 0. The van der Waals surface area contributed by atoms with Crippen molar-refractivity contribution in [2.24, 2.45) is 11.0 Å². The molecule has 0 saturated carbocycles. The van der Waals surface area contributed by atoms with Crippen LogP contribution in [0.3, 0.4) is 0 Å². The zero-order valence-corrected chi connectivity index (χ0v) is 12.0. The van der Waals surface area contributed by atoms with Crippen LogP contribution in [-0.4, -0.2) is 29.0 Å². The topological polar surface area (TPSA) is 94.9 Å². The Labute approximate surface area is 121 Å². The van der Waals surface area contributed by atoms with Gasteiger partial charge in [0.1, 0.15) is 0 Å². The zero-order valence-electron chi connectivity index (χ0n) is 9.12. The number of carbonyl (C=O) groups excluding carboxylic acids is 1. The first-order valence-corrected chi connectivity index (χ1v) is 6.56. The molecule has 1 amide bonds. The molecule has 18 heavy (non-hydrogen) atoms. The molecular weight excluding hydrogens is 370 g/mol. The molecule has 0 aliphatic carbocycles. The van der Waals surface area contributed by atoms with Crippen molar-refractivity contribution in [3.05, 3.63) is 25.5 Å². The number of hydrogen-bond donors (Lipinski definition) is 0. The first kappa shape index (κ1) is 13.3. The molecule has 2 heterocycles. The SMILES string of the molecule is [N-]=[N+]=NCC1CC(=O)N(c2nc(Cl)ncc2I)C1. The standard InChI is InChI=1S/C9H8ClIN6O/c10-9-13-3-6(11)8(15-9)17-4-5(1-7(17)18)2-14-16-12/h3,5H,1-2,4H2. The number of azide groups is 1. The number of amides is 1. The average molecular weight is 379 g/mol. The van der Waals surface area contributed by atoms with E-state index in [-0.39, 0.29) is 17.1 Å². The van der Waals surface area contributed by atoms with E-state index in [1.165, 1.54) is 0 Å². The molecule has 2 rings (SSSR count). The van der Waals surface area contributed by atoms with E-state index in [2.05, 4.69) is 42.6 Å². The Morgan fingerprint density at radius 1 is 1.72 bits per heavy atom. The smallest absolute Gasteiger partial charge is 0.228 e. The summed E-state index contributed by atoms with van der Waals surface area (Å²) in [7, 11) is 0. The molecule has 1 saturated heterocycles. The molecule has 1 fully saturated rings. The van der Waals surface area contributed by atoms with Crippen LogP contribution in [0.1, 0.15) is 6.42 Å². The van der Waals surface area contributed by atoms with Gasteiger partial charge < -0.3 is 0 Å². The lowest BCUT2D eigenvalue weighted by atomic mass is 10.1. The summed E-state index contributed by atoms with van der Waals surface area (Å²) in [5.41, 5.74) is 8.28. The monoisotopic (exact) mass is 378 g/mol. The van der Waals surface area contributed by atoms with Gasteiger partial charge in [-0.2, -0.15) is 4.98 Å². The predicted octanol–water partition coefficient (Wildman–Crippen LogP) is 2.40. The minimum absolute atomic E-state index is 0.0259. The minimum Gasteiger partial charge on any atom is -0.295 e. The van der Waals surface area contributed by atoms with Crippen LogP contribution in [0, 0.1) is 9.49 Å². The average Bonchev–Trinajstić information content (AvgIpc) is 2.71. The first-order valence-electron chi connectivity index (χ1n) is 5.11. The maximum absolute atomic E-state index is 11.9. The summed E-state index contributed by atoms with van der Waals surface area (Å²) in [6.45, 7) is 0.801. The van der Waals surface area contributed by atoms with Gasteiger partial charge in [-0.1, -0.05) is 5.11 Å². The van der Waals surface area contributed by atoms with Gasteiger partial charge in [-0.05, 0) is 45.6 Å². The molecule has 1 aliphatic heterocycles. The number of carbonyl (C=O) groups is 1. The van der Waals surface area contributed by atoms with Crippen LogP contribution < -0.4 is 4.90 Å². The van der Waals surface area contributed by atoms with E-state index in [4.69, 9.17) is 17.1 Å². The summed E-state index contributed by atoms with van der Waals surface area (Å²) < 4.78 is 0.759. The molecule has 1 aromatic rings. The molecule has 0 N–H and O–H groups in total. The van der Waals surface area contributed by atoms with Gasteiger partial charge in [0.15, 0.2) is 5.82 Å². The third kappa shape index (κ3) is 2.82. The second kappa shape index (κ2) is 5.68. The van der Waals surface area contributed by atoms with Crippen LogP contribution in [0.2, 0.25) is 5.28 Å². The largest absolute Gasteiger partial charge is 0.295 e. The fraction of sp³-hybridized carbons (Fsp3) is 0.444. The number of halogens is 2. The molecule has 0 bridgehead atoms. The second-order valence-corrected chi connectivity index (χ2v) is 5.30. The summed E-state index contributed by atoms with van der Waals surface area (Å²) in [5.74, 6) is 0.503. The maximum Gasteiger partial charge on any atom is 0.228 e. The highest BCUT2D eigenvalue weighted by Crippen LogP contribution is 2.27. The summed E-state index contributed by atoms with van der Waals surface area (Å²) in [5, 5.41) is 3.61. The van der Waals surface area contributed by atoms with Crippen LogP contribution >= 0.6 is 34.2 Å². The van der Waals surface area contributed by atoms with Gasteiger partial charge >= 0.3 is 0 Å². The number of aromatic nitrogens is 2. The van der Waals surface area contributed by atoms with Gasteiger partial charge in [0, 0.05) is 30.6 Å². The summed E-state index contributed by atoms with van der Waals surface area (Å²) in [6.07, 6.45) is 1.93. The Kier molecular flexibility index (Phi) is 4.20. The summed E-state index contributed by atoms with van der Waals surface area (Å²) >= 11 is 7.79. The van der Waals surface area contributed by atoms with Crippen molar-refractivity contribution >= 4 is 45.9 Å². The minimum atomic E-state index is -0.0409. The van der Waals surface area contributed by atoms with Gasteiger partial charge in [0.25, 0.3) is 0 Å². The molecule has 94 valence electrons. The van der Waals surface area contributed by atoms with E-state index in [0.29, 0.717) is 25.3 Å². The Balaban J connectivity index is 2.21. The van der Waals surface area contributed by atoms with E-state index in [1.807, 2.05) is 0 Å². The Morgan fingerprint density at radius 2 is 2.50 bits per heavy atom. The lowest BCUT2D eigenvalue weighted by Gasteiger charge is -2.16. The van der Waals surface area contributed by atoms with Crippen molar-refractivity contribution < 1.29 is 4.79 Å². The fourth-order valence-corrected chi connectivity index (χ4v) is 2.47. The molecule has 1 atom stereocenters. The van der Waals surface area contributed by atoms with Gasteiger partial charge in [0.05, 0.1) is 3.57 Å². The van der Waals surface area contributed by atoms with Crippen LogP contribution in [0.25, 0.3) is 10.4 Å². The maximum atomic E-state index is 11.9. The Bertz CT molecular complexity index is 532. The van der Waals surface area contributed by atoms with Gasteiger partial charge in [-0.25, -0.2) is 4.98 Å². The van der Waals surface area contributed by atoms with Crippen LogP contribution in [-0.2, 0) is 4.79 Å². The van der Waals surface area contributed by atoms with E-state index >= 15 is 0 Å². The van der Waals surface area contributed by atoms with Crippen molar-refractivity contribution in [3.63, 3.8) is 0 Å². The van der Waals surface area contributed by atoms with E-state index in [1.54, 1.807) is 11.1 Å². The lowest BCUT2D eigenvalue weighted by molar-refractivity contribution is -0.117. The highest BCUT2D eigenvalue weighted by molar-refractivity contribution is 14.1. The second-order valence-electron chi connectivity index (χ2n) is 3.80. The highest BCUT2D eigenvalue weighted by atomic mass is 127. The van der Waals surface area contributed by atoms with E-state index in [9.17, 15) is 4.79 Å². The third-order valence-corrected chi connectivity index (χ3v) is 3.50. The van der Waals surface area contributed by atoms with Gasteiger partial charge in [-0.15, -0.1) is 0 Å².